The van der Waals surface area contributed by atoms with Gasteiger partial charge >= 0.3 is 0 Å². The molecule has 0 aliphatic rings. The second-order valence-electron chi connectivity index (χ2n) is 7.02. The van der Waals surface area contributed by atoms with E-state index >= 15 is 0 Å². The Morgan fingerprint density at radius 3 is 2.10 bits per heavy atom. The first-order valence-electron chi connectivity index (χ1n) is 9.70. The van der Waals surface area contributed by atoms with E-state index in [1.807, 2.05) is 84.9 Å². The van der Waals surface area contributed by atoms with Crippen LogP contribution in [0.15, 0.2) is 91.1 Å². The zero-order chi connectivity index (χ0) is 20.1. The monoisotopic (exact) mass is 382 g/mol. The standard InChI is InChI=1S/C25H22N2O2/c28-24(22-17-26-23-14-8-7-13-21(22)23)25(29)27(18-20-11-5-2-6-12-20)16-15-19-9-3-1-4-10-19/h1-14,17,26H,15-16,18H2. The first-order chi connectivity index (χ1) is 14.2. The van der Waals surface area contributed by atoms with Crippen molar-refractivity contribution in [3.8, 4) is 0 Å². The van der Waals surface area contributed by atoms with Crippen LogP contribution in [0.3, 0.4) is 0 Å². The summed E-state index contributed by atoms with van der Waals surface area (Å²) in [4.78, 5) is 30.9. The first-order valence-corrected chi connectivity index (χ1v) is 9.70. The molecule has 4 nitrogen and oxygen atoms in total. The SMILES string of the molecule is O=C(C(=O)N(CCc1ccccc1)Cc1ccccc1)c1c[nH]c2ccccc12. The van der Waals surface area contributed by atoms with E-state index in [9.17, 15) is 9.59 Å². The summed E-state index contributed by atoms with van der Waals surface area (Å²) in [6.45, 7) is 0.881. The number of ketones is 1. The highest BCUT2D eigenvalue weighted by Gasteiger charge is 2.25. The fourth-order valence-electron chi connectivity index (χ4n) is 3.48. The summed E-state index contributed by atoms with van der Waals surface area (Å²) in [5, 5.41) is 0.772. The Bertz CT molecular complexity index is 1120. The van der Waals surface area contributed by atoms with Crippen molar-refractivity contribution >= 4 is 22.6 Å². The Morgan fingerprint density at radius 1 is 0.759 bits per heavy atom. The van der Waals surface area contributed by atoms with Gasteiger partial charge in [0.25, 0.3) is 11.7 Å². The van der Waals surface area contributed by atoms with Gasteiger partial charge in [0.2, 0.25) is 0 Å². The van der Waals surface area contributed by atoms with E-state index in [-0.39, 0.29) is 0 Å². The van der Waals surface area contributed by atoms with E-state index < -0.39 is 11.7 Å². The molecule has 0 atom stereocenters. The van der Waals surface area contributed by atoms with Gasteiger partial charge in [0.05, 0.1) is 5.56 Å². The molecule has 0 aliphatic heterocycles. The second-order valence-corrected chi connectivity index (χ2v) is 7.02. The lowest BCUT2D eigenvalue weighted by Gasteiger charge is -2.22. The van der Waals surface area contributed by atoms with Crippen molar-refractivity contribution in [1.29, 1.82) is 0 Å². The molecule has 0 aliphatic carbocycles. The molecule has 4 rings (SSSR count). The van der Waals surface area contributed by atoms with Crippen LogP contribution < -0.4 is 0 Å². The number of fused-ring (bicyclic) bond motifs is 1. The third kappa shape index (κ3) is 4.27. The molecule has 0 spiro atoms. The van der Waals surface area contributed by atoms with Crippen LogP contribution in [0.5, 0.6) is 0 Å². The van der Waals surface area contributed by atoms with Crippen molar-refractivity contribution in [3.05, 3.63) is 108 Å². The molecule has 0 fully saturated rings. The molecule has 0 radical (unpaired) electrons. The fraction of sp³-hybridized carbons (Fsp3) is 0.120. The molecule has 144 valence electrons. The highest BCUT2D eigenvalue weighted by molar-refractivity contribution is 6.44. The molecule has 1 heterocycles. The van der Waals surface area contributed by atoms with Crippen molar-refractivity contribution in [2.24, 2.45) is 0 Å². The van der Waals surface area contributed by atoms with Gasteiger partial charge in [0, 0.05) is 30.2 Å². The molecule has 1 amide bonds. The maximum Gasteiger partial charge on any atom is 0.295 e. The van der Waals surface area contributed by atoms with Gasteiger partial charge in [-0.15, -0.1) is 0 Å². The first kappa shape index (κ1) is 18.7. The minimum absolute atomic E-state index is 0.403. The number of aromatic nitrogens is 1. The summed E-state index contributed by atoms with van der Waals surface area (Å²) in [6.07, 6.45) is 2.32. The summed E-state index contributed by atoms with van der Waals surface area (Å²) in [5.74, 6) is -0.957. The number of carbonyl (C=O) groups excluding carboxylic acids is 2. The Morgan fingerprint density at radius 2 is 1.38 bits per heavy atom. The van der Waals surface area contributed by atoms with E-state index in [2.05, 4.69) is 4.98 Å². The number of H-pyrrole nitrogens is 1. The molecule has 0 saturated carbocycles. The smallest absolute Gasteiger partial charge is 0.295 e. The molecule has 4 heteroatoms. The number of nitrogens with one attached hydrogen (secondary N) is 1. The average Bonchev–Trinajstić information content (AvgIpc) is 3.21. The fourth-order valence-corrected chi connectivity index (χ4v) is 3.48. The van der Waals surface area contributed by atoms with Gasteiger partial charge < -0.3 is 9.88 Å². The van der Waals surface area contributed by atoms with Crippen molar-refractivity contribution in [2.75, 3.05) is 6.54 Å². The Balaban J connectivity index is 1.58. The third-order valence-electron chi connectivity index (χ3n) is 5.04. The van der Waals surface area contributed by atoms with Crippen LogP contribution in [0.4, 0.5) is 0 Å². The Hall–Kier alpha value is -3.66. The summed E-state index contributed by atoms with van der Waals surface area (Å²) in [6, 6.07) is 27.3. The minimum atomic E-state index is -0.480. The normalized spacial score (nSPS) is 10.8. The molecule has 29 heavy (non-hydrogen) atoms. The highest BCUT2D eigenvalue weighted by atomic mass is 16.2. The highest BCUT2D eigenvalue weighted by Crippen LogP contribution is 2.19. The van der Waals surface area contributed by atoms with Crippen molar-refractivity contribution in [1.82, 2.24) is 9.88 Å². The van der Waals surface area contributed by atoms with E-state index in [0.717, 1.165) is 22.0 Å². The van der Waals surface area contributed by atoms with Crippen LogP contribution in [-0.4, -0.2) is 28.1 Å². The van der Waals surface area contributed by atoms with E-state index in [0.29, 0.717) is 25.1 Å². The van der Waals surface area contributed by atoms with Crippen molar-refractivity contribution in [2.45, 2.75) is 13.0 Å². The summed E-state index contributed by atoms with van der Waals surface area (Å²) >= 11 is 0. The lowest BCUT2D eigenvalue weighted by molar-refractivity contribution is -0.127. The number of benzene rings is 3. The van der Waals surface area contributed by atoms with Crippen molar-refractivity contribution in [3.63, 3.8) is 0 Å². The number of Topliss-reactive ketones (excluding diaryl/α,β-unsaturated/α-hetero) is 1. The van der Waals surface area contributed by atoms with Gasteiger partial charge in [-0.3, -0.25) is 9.59 Å². The van der Waals surface area contributed by atoms with Gasteiger partial charge in [-0.25, -0.2) is 0 Å². The van der Waals surface area contributed by atoms with Crippen LogP contribution in [0.1, 0.15) is 21.5 Å². The van der Waals surface area contributed by atoms with E-state index in [1.54, 1.807) is 11.1 Å². The third-order valence-corrected chi connectivity index (χ3v) is 5.04. The zero-order valence-electron chi connectivity index (χ0n) is 16.0. The second kappa shape index (κ2) is 8.57. The van der Waals surface area contributed by atoms with Crippen LogP contribution in [0.25, 0.3) is 10.9 Å². The molecule has 1 aromatic heterocycles. The number of hydrogen-bond donors (Lipinski definition) is 1. The van der Waals surface area contributed by atoms with Gasteiger partial charge in [-0.1, -0.05) is 78.9 Å². The number of amides is 1. The molecule has 3 aromatic carbocycles. The largest absolute Gasteiger partial charge is 0.360 e. The summed E-state index contributed by atoms with van der Waals surface area (Å²) < 4.78 is 0. The Kier molecular flexibility index (Phi) is 5.52. The minimum Gasteiger partial charge on any atom is -0.360 e. The number of aromatic amines is 1. The lowest BCUT2D eigenvalue weighted by Crippen LogP contribution is -2.37. The average molecular weight is 382 g/mol. The predicted molar refractivity (Wildman–Crippen MR) is 115 cm³/mol. The molecule has 0 unspecified atom stereocenters. The maximum atomic E-state index is 13.2. The van der Waals surface area contributed by atoms with Gasteiger partial charge in [0.1, 0.15) is 0 Å². The summed E-state index contributed by atoms with van der Waals surface area (Å²) in [7, 11) is 0. The molecule has 4 aromatic rings. The number of hydrogen-bond acceptors (Lipinski definition) is 2. The number of carbonyl (C=O) groups is 2. The Labute approximate surface area is 169 Å². The van der Waals surface area contributed by atoms with Crippen molar-refractivity contribution < 1.29 is 9.59 Å². The van der Waals surface area contributed by atoms with Crippen LogP contribution in [0, 0.1) is 0 Å². The molecular weight excluding hydrogens is 360 g/mol. The van der Waals surface area contributed by atoms with Crippen LogP contribution in [0.2, 0.25) is 0 Å². The van der Waals surface area contributed by atoms with E-state index in [1.165, 1.54) is 0 Å². The predicted octanol–water partition coefficient (Wildman–Crippen LogP) is 4.62. The number of para-hydroxylation sites is 1. The van der Waals surface area contributed by atoms with Crippen LogP contribution in [-0.2, 0) is 17.8 Å². The van der Waals surface area contributed by atoms with E-state index in [4.69, 9.17) is 0 Å². The zero-order valence-corrected chi connectivity index (χ0v) is 16.0. The molecular formula is C25H22N2O2. The topological polar surface area (TPSA) is 53.2 Å². The van der Waals surface area contributed by atoms with Gasteiger partial charge in [0.15, 0.2) is 0 Å². The van der Waals surface area contributed by atoms with Crippen LogP contribution >= 0.6 is 0 Å². The maximum absolute atomic E-state index is 13.2. The lowest BCUT2D eigenvalue weighted by atomic mass is 10.1. The molecule has 0 bridgehead atoms. The number of nitrogens with zero attached hydrogens (tertiary/aromatic N) is 1. The molecule has 0 saturated heterocycles. The molecule has 1 N–H and O–H groups in total. The number of rotatable bonds is 7. The van der Waals surface area contributed by atoms with Gasteiger partial charge in [-0.2, -0.15) is 0 Å². The van der Waals surface area contributed by atoms with Gasteiger partial charge in [-0.05, 0) is 23.6 Å². The summed E-state index contributed by atoms with van der Waals surface area (Å²) in [5.41, 5.74) is 3.41. The quantitative estimate of drug-likeness (QED) is 0.374.